The SMILES string of the molecule is CC(CNCCCOc1ccccc1)N1CCCCC1. The third-order valence-corrected chi connectivity index (χ3v) is 3.96. The molecule has 2 rings (SSSR count). The maximum absolute atomic E-state index is 5.68. The van der Waals surface area contributed by atoms with Gasteiger partial charge in [-0.25, -0.2) is 0 Å². The fraction of sp³-hybridized carbons (Fsp3) is 0.647. The summed E-state index contributed by atoms with van der Waals surface area (Å²) < 4.78 is 5.68. The quantitative estimate of drug-likeness (QED) is 0.739. The molecule has 0 radical (unpaired) electrons. The molecule has 1 fully saturated rings. The van der Waals surface area contributed by atoms with Crippen LogP contribution in [0.5, 0.6) is 5.75 Å². The van der Waals surface area contributed by atoms with Crippen molar-refractivity contribution in [1.82, 2.24) is 10.2 Å². The van der Waals surface area contributed by atoms with Crippen molar-refractivity contribution >= 4 is 0 Å². The fourth-order valence-electron chi connectivity index (χ4n) is 2.70. The molecule has 0 aliphatic carbocycles. The van der Waals surface area contributed by atoms with Gasteiger partial charge in [0.1, 0.15) is 5.75 Å². The first-order valence-electron chi connectivity index (χ1n) is 7.99. The number of para-hydroxylation sites is 1. The van der Waals surface area contributed by atoms with Crippen LogP contribution in [0.1, 0.15) is 32.6 Å². The molecule has 1 unspecified atom stereocenters. The van der Waals surface area contributed by atoms with Crippen molar-refractivity contribution in [3.8, 4) is 5.75 Å². The van der Waals surface area contributed by atoms with E-state index in [2.05, 4.69) is 17.1 Å². The topological polar surface area (TPSA) is 24.5 Å². The van der Waals surface area contributed by atoms with Crippen LogP contribution in [-0.4, -0.2) is 43.7 Å². The first kappa shape index (κ1) is 15.3. The molecule has 3 nitrogen and oxygen atoms in total. The summed E-state index contributed by atoms with van der Waals surface area (Å²) in [4.78, 5) is 2.61. The van der Waals surface area contributed by atoms with Crippen LogP contribution in [0.2, 0.25) is 0 Å². The van der Waals surface area contributed by atoms with Crippen molar-refractivity contribution in [3.63, 3.8) is 0 Å². The molecule has 1 N–H and O–H groups in total. The van der Waals surface area contributed by atoms with Crippen molar-refractivity contribution in [1.29, 1.82) is 0 Å². The Morgan fingerprint density at radius 2 is 1.90 bits per heavy atom. The minimum absolute atomic E-state index is 0.658. The van der Waals surface area contributed by atoms with E-state index in [0.717, 1.165) is 31.9 Å². The van der Waals surface area contributed by atoms with Gasteiger partial charge in [0.15, 0.2) is 0 Å². The standard InChI is InChI=1S/C17H28N2O/c1-16(19-12-6-3-7-13-19)15-18-11-8-14-20-17-9-4-2-5-10-17/h2,4-5,9-10,16,18H,3,6-8,11-15H2,1H3. The summed E-state index contributed by atoms with van der Waals surface area (Å²) in [6, 6.07) is 10.7. The third-order valence-electron chi connectivity index (χ3n) is 3.96. The Bertz CT molecular complexity index is 349. The molecule has 1 atom stereocenters. The van der Waals surface area contributed by atoms with Crippen LogP contribution in [0, 0.1) is 0 Å². The number of ether oxygens (including phenoxy) is 1. The van der Waals surface area contributed by atoms with E-state index in [9.17, 15) is 0 Å². The molecule has 0 spiro atoms. The summed E-state index contributed by atoms with van der Waals surface area (Å²) in [5, 5.41) is 3.55. The van der Waals surface area contributed by atoms with Crippen molar-refractivity contribution < 1.29 is 4.74 Å². The smallest absolute Gasteiger partial charge is 0.119 e. The zero-order valence-corrected chi connectivity index (χ0v) is 12.7. The molecule has 1 aliphatic rings. The van der Waals surface area contributed by atoms with Crippen LogP contribution in [0.25, 0.3) is 0 Å². The number of nitrogens with zero attached hydrogens (tertiary/aromatic N) is 1. The Kier molecular flexibility index (Phi) is 6.89. The molecular formula is C17H28N2O. The number of piperidine rings is 1. The Labute approximate surface area is 123 Å². The average Bonchev–Trinajstić information content (AvgIpc) is 2.52. The minimum Gasteiger partial charge on any atom is -0.494 e. The third kappa shape index (κ3) is 5.51. The van der Waals surface area contributed by atoms with E-state index in [0.29, 0.717) is 6.04 Å². The van der Waals surface area contributed by atoms with Gasteiger partial charge in [-0.2, -0.15) is 0 Å². The highest BCUT2D eigenvalue weighted by molar-refractivity contribution is 5.20. The first-order chi connectivity index (χ1) is 9.86. The second kappa shape index (κ2) is 8.98. The lowest BCUT2D eigenvalue weighted by Crippen LogP contribution is -2.43. The van der Waals surface area contributed by atoms with Crippen LogP contribution in [0.3, 0.4) is 0 Å². The van der Waals surface area contributed by atoms with Gasteiger partial charge in [-0.15, -0.1) is 0 Å². The van der Waals surface area contributed by atoms with Gasteiger partial charge in [-0.1, -0.05) is 24.6 Å². The Morgan fingerprint density at radius 1 is 1.15 bits per heavy atom. The number of hydrogen-bond acceptors (Lipinski definition) is 3. The van der Waals surface area contributed by atoms with E-state index in [1.54, 1.807) is 0 Å². The zero-order valence-electron chi connectivity index (χ0n) is 12.7. The molecule has 0 aromatic heterocycles. The molecule has 20 heavy (non-hydrogen) atoms. The van der Waals surface area contributed by atoms with E-state index < -0.39 is 0 Å². The molecule has 1 saturated heterocycles. The summed E-state index contributed by atoms with van der Waals surface area (Å²) in [7, 11) is 0. The van der Waals surface area contributed by atoms with Gasteiger partial charge in [-0.05, 0) is 58.0 Å². The highest BCUT2D eigenvalue weighted by atomic mass is 16.5. The Balaban J connectivity index is 1.49. The fourth-order valence-corrected chi connectivity index (χ4v) is 2.70. The summed E-state index contributed by atoms with van der Waals surface area (Å²) in [5.74, 6) is 0.967. The van der Waals surface area contributed by atoms with Gasteiger partial charge in [0.25, 0.3) is 0 Å². The molecule has 1 aliphatic heterocycles. The molecule has 1 heterocycles. The van der Waals surface area contributed by atoms with Crippen molar-refractivity contribution in [3.05, 3.63) is 30.3 Å². The molecule has 0 amide bonds. The molecule has 0 bridgehead atoms. The number of rotatable bonds is 8. The van der Waals surface area contributed by atoms with E-state index in [1.807, 2.05) is 30.3 Å². The summed E-state index contributed by atoms with van der Waals surface area (Å²) >= 11 is 0. The molecule has 3 heteroatoms. The molecule has 1 aromatic rings. The summed E-state index contributed by atoms with van der Waals surface area (Å²) in [6.45, 7) is 7.80. The molecule has 112 valence electrons. The van der Waals surface area contributed by atoms with Crippen LogP contribution in [0.15, 0.2) is 30.3 Å². The number of likely N-dealkylation sites (tertiary alicyclic amines) is 1. The van der Waals surface area contributed by atoms with E-state index in [4.69, 9.17) is 4.74 Å². The van der Waals surface area contributed by atoms with Gasteiger partial charge in [-0.3, -0.25) is 4.90 Å². The van der Waals surface area contributed by atoms with Gasteiger partial charge in [0, 0.05) is 12.6 Å². The van der Waals surface area contributed by atoms with Crippen molar-refractivity contribution in [2.24, 2.45) is 0 Å². The van der Waals surface area contributed by atoms with Gasteiger partial charge in [0.2, 0.25) is 0 Å². The summed E-state index contributed by atoms with van der Waals surface area (Å²) in [5.41, 5.74) is 0. The van der Waals surface area contributed by atoms with Crippen molar-refractivity contribution in [2.45, 2.75) is 38.6 Å². The Morgan fingerprint density at radius 3 is 2.65 bits per heavy atom. The lowest BCUT2D eigenvalue weighted by Gasteiger charge is -2.32. The van der Waals surface area contributed by atoms with Gasteiger partial charge < -0.3 is 10.1 Å². The predicted octanol–water partition coefficient (Wildman–Crippen LogP) is 2.92. The first-order valence-corrected chi connectivity index (χ1v) is 7.99. The lowest BCUT2D eigenvalue weighted by molar-refractivity contribution is 0.170. The van der Waals surface area contributed by atoms with Crippen molar-refractivity contribution in [2.75, 3.05) is 32.8 Å². The zero-order chi connectivity index (χ0) is 14.0. The van der Waals surface area contributed by atoms with Gasteiger partial charge in [0.05, 0.1) is 6.61 Å². The van der Waals surface area contributed by atoms with E-state index in [-0.39, 0.29) is 0 Å². The lowest BCUT2D eigenvalue weighted by atomic mass is 10.1. The summed E-state index contributed by atoms with van der Waals surface area (Å²) in [6.07, 6.45) is 5.21. The van der Waals surface area contributed by atoms with Crippen LogP contribution in [0.4, 0.5) is 0 Å². The van der Waals surface area contributed by atoms with Crippen LogP contribution in [-0.2, 0) is 0 Å². The predicted molar refractivity (Wildman–Crippen MR) is 84.3 cm³/mol. The van der Waals surface area contributed by atoms with Gasteiger partial charge >= 0.3 is 0 Å². The highest BCUT2D eigenvalue weighted by Gasteiger charge is 2.15. The monoisotopic (exact) mass is 276 g/mol. The molecular weight excluding hydrogens is 248 g/mol. The largest absolute Gasteiger partial charge is 0.494 e. The second-order valence-electron chi connectivity index (χ2n) is 5.66. The molecule has 0 saturated carbocycles. The highest BCUT2D eigenvalue weighted by Crippen LogP contribution is 2.11. The van der Waals surface area contributed by atoms with E-state index >= 15 is 0 Å². The van der Waals surface area contributed by atoms with Crippen LogP contribution < -0.4 is 10.1 Å². The number of hydrogen-bond donors (Lipinski definition) is 1. The maximum atomic E-state index is 5.68. The molecule has 1 aromatic carbocycles. The number of benzene rings is 1. The minimum atomic E-state index is 0.658. The maximum Gasteiger partial charge on any atom is 0.119 e. The number of nitrogens with one attached hydrogen (secondary N) is 1. The second-order valence-corrected chi connectivity index (χ2v) is 5.66. The average molecular weight is 276 g/mol. The Hall–Kier alpha value is -1.06. The normalized spacial score (nSPS) is 17.9. The van der Waals surface area contributed by atoms with E-state index in [1.165, 1.54) is 32.4 Å². The van der Waals surface area contributed by atoms with Crippen LogP contribution >= 0.6 is 0 Å².